The molecule has 0 saturated carbocycles. The molecule has 0 spiro atoms. The molecule has 0 unspecified atom stereocenters. The Morgan fingerprint density at radius 1 is 1.39 bits per heavy atom. The number of nitrogens with zero attached hydrogens (tertiary/aromatic N) is 1. The second-order valence-corrected chi connectivity index (χ2v) is 3.57. The zero-order valence-corrected chi connectivity index (χ0v) is 9.07. The van der Waals surface area contributed by atoms with Gasteiger partial charge in [0.2, 0.25) is 0 Å². The van der Waals surface area contributed by atoms with Crippen LogP contribution in [-0.4, -0.2) is 17.1 Å². The standard InChI is InChI=1S/C11H9F3N2O2/c12-11(13,14)9-2-1-8(10(15)17)16(9)7-3-5-18-6-4-7/h1-5H,6H2,(H2,15,17). The minimum absolute atomic E-state index is 0.138. The highest BCUT2D eigenvalue weighted by Crippen LogP contribution is 2.33. The van der Waals surface area contributed by atoms with Crippen LogP contribution in [0.1, 0.15) is 16.2 Å². The Balaban J connectivity index is 2.61. The van der Waals surface area contributed by atoms with Crippen LogP contribution >= 0.6 is 0 Å². The summed E-state index contributed by atoms with van der Waals surface area (Å²) < 4.78 is 44.1. The molecule has 1 aliphatic rings. The van der Waals surface area contributed by atoms with Crippen LogP contribution in [0.4, 0.5) is 13.2 Å². The summed E-state index contributed by atoms with van der Waals surface area (Å²) >= 11 is 0. The molecule has 1 aromatic rings. The van der Waals surface area contributed by atoms with E-state index >= 15 is 0 Å². The minimum atomic E-state index is -4.57. The number of carbonyl (C=O) groups excluding carboxylic acids is 1. The average Bonchev–Trinajstić information content (AvgIpc) is 2.74. The molecule has 1 amide bonds. The zero-order valence-electron chi connectivity index (χ0n) is 9.07. The highest BCUT2D eigenvalue weighted by Gasteiger charge is 2.36. The first kappa shape index (κ1) is 12.3. The van der Waals surface area contributed by atoms with Gasteiger partial charge in [0.1, 0.15) is 18.0 Å². The summed E-state index contributed by atoms with van der Waals surface area (Å²) in [6.07, 6.45) is -0.534. The molecule has 2 rings (SSSR count). The number of alkyl halides is 3. The van der Waals surface area contributed by atoms with Crippen LogP contribution in [0.15, 0.2) is 30.5 Å². The minimum Gasteiger partial charge on any atom is -0.497 e. The summed E-state index contributed by atoms with van der Waals surface area (Å²) in [6, 6.07) is 1.87. The summed E-state index contributed by atoms with van der Waals surface area (Å²) in [5.74, 6) is -0.925. The van der Waals surface area contributed by atoms with Crippen molar-refractivity contribution in [1.82, 2.24) is 4.57 Å². The second kappa shape index (κ2) is 4.25. The predicted molar refractivity (Wildman–Crippen MR) is 57.3 cm³/mol. The molecule has 0 aliphatic carbocycles. The molecule has 0 atom stereocenters. The number of halogens is 3. The fourth-order valence-corrected chi connectivity index (χ4v) is 1.67. The summed E-state index contributed by atoms with van der Waals surface area (Å²) in [6.45, 7) is 0.138. The lowest BCUT2D eigenvalue weighted by molar-refractivity contribution is -0.142. The zero-order chi connectivity index (χ0) is 13.3. The number of ether oxygens (including phenoxy) is 1. The molecule has 2 heterocycles. The Morgan fingerprint density at radius 3 is 2.61 bits per heavy atom. The lowest BCUT2D eigenvalue weighted by Crippen LogP contribution is -2.21. The monoisotopic (exact) mass is 258 g/mol. The van der Waals surface area contributed by atoms with Crippen molar-refractivity contribution >= 4 is 11.6 Å². The van der Waals surface area contributed by atoms with Gasteiger partial charge in [-0.05, 0) is 24.3 Å². The molecular formula is C11H9F3N2O2. The van der Waals surface area contributed by atoms with Crippen molar-refractivity contribution in [1.29, 1.82) is 0 Å². The van der Waals surface area contributed by atoms with Crippen molar-refractivity contribution in [3.63, 3.8) is 0 Å². The van der Waals surface area contributed by atoms with Crippen molar-refractivity contribution in [2.24, 2.45) is 5.73 Å². The van der Waals surface area contributed by atoms with Crippen LogP contribution in [0.3, 0.4) is 0 Å². The Bertz CT molecular complexity index is 541. The van der Waals surface area contributed by atoms with Gasteiger partial charge in [-0.3, -0.25) is 4.79 Å². The second-order valence-electron chi connectivity index (χ2n) is 3.57. The van der Waals surface area contributed by atoms with Gasteiger partial charge in [-0.2, -0.15) is 13.2 Å². The van der Waals surface area contributed by atoms with Crippen molar-refractivity contribution in [2.75, 3.05) is 6.61 Å². The van der Waals surface area contributed by atoms with Crippen molar-refractivity contribution in [3.8, 4) is 0 Å². The molecule has 1 aromatic heterocycles. The number of amides is 1. The predicted octanol–water partition coefficient (Wildman–Crippen LogP) is 1.99. The van der Waals surface area contributed by atoms with E-state index in [-0.39, 0.29) is 18.0 Å². The molecule has 4 nitrogen and oxygen atoms in total. The van der Waals surface area contributed by atoms with Crippen LogP contribution in [0, 0.1) is 0 Å². The maximum Gasteiger partial charge on any atom is 0.431 e. The van der Waals surface area contributed by atoms with Gasteiger partial charge in [-0.15, -0.1) is 0 Å². The smallest absolute Gasteiger partial charge is 0.431 e. The summed E-state index contributed by atoms with van der Waals surface area (Å²) in [5.41, 5.74) is 4.10. The highest BCUT2D eigenvalue weighted by molar-refractivity contribution is 5.93. The third kappa shape index (κ3) is 2.11. The SMILES string of the molecule is NC(=O)c1ccc(C(F)(F)F)n1C1=CCOC=C1. The molecule has 18 heavy (non-hydrogen) atoms. The summed E-state index contributed by atoms with van der Waals surface area (Å²) in [4.78, 5) is 11.2. The summed E-state index contributed by atoms with van der Waals surface area (Å²) in [7, 11) is 0. The van der Waals surface area contributed by atoms with Crippen LogP contribution < -0.4 is 5.73 Å². The average molecular weight is 258 g/mol. The Labute approximate surface area is 100 Å². The maximum absolute atomic E-state index is 12.8. The van der Waals surface area contributed by atoms with E-state index in [1.54, 1.807) is 0 Å². The molecular weight excluding hydrogens is 249 g/mol. The van der Waals surface area contributed by atoms with Crippen molar-refractivity contribution in [3.05, 3.63) is 41.9 Å². The Hall–Kier alpha value is -2.18. The lowest BCUT2D eigenvalue weighted by atomic mass is 10.3. The van der Waals surface area contributed by atoms with E-state index < -0.39 is 17.8 Å². The topological polar surface area (TPSA) is 57.2 Å². The van der Waals surface area contributed by atoms with Gasteiger partial charge in [0.15, 0.2) is 0 Å². The summed E-state index contributed by atoms with van der Waals surface area (Å²) in [5, 5.41) is 0. The first-order valence-electron chi connectivity index (χ1n) is 4.98. The lowest BCUT2D eigenvalue weighted by Gasteiger charge is -2.17. The molecule has 0 bridgehead atoms. The van der Waals surface area contributed by atoms with Crippen molar-refractivity contribution < 1.29 is 22.7 Å². The van der Waals surface area contributed by atoms with Gasteiger partial charge in [0.25, 0.3) is 5.91 Å². The number of carbonyl (C=O) groups is 1. The normalized spacial score (nSPS) is 15.2. The number of aromatic nitrogens is 1. The van der Waals surface area contributed by atoms with Gasteiger partial charge in [-0.1, -0.05) is 0 Å². The number of hydrogen-bond acceptors (Lipinski definition) is 2. The molecule has 0 fully saturated rings. The van der Waals surface area contributed by atoms with Crippen LogP contribution in [0.5, 0.6) is 0 Å². The molecule has 0 aromatic carbocycles. The molecule has 7 heteroatoms. The van der Waals surface area contributed by atoms with E-state index in [1.165, 1.54) is 18.4 Å². The van der Waals surface area contributed by atoms with E-state index in [2.05, 4.69) is 0 Å². The largest absolute Gasteiger partial charge is 0.497 e. The molecule has 1 aliphatic heterocycles. The third-order valence-corrected chi connectivity index (χ3v) is 2.41. The van der Waals surface area contributed by atoms with Gasteiger partial charge in [-0.25, -0.2) is 0 Å². The first-order valence-corrected chi connectivity index (χ1v) is 4.98. The number of primary amides is 1. The Kier molecular flexibility index (Phi) is 2.90. The van der Waals surface area contributed by atoms with E-state index in [9.17, 15) is 18.0 Å². The van der Waals surface area contributed by atoms with E-state index in [0.717, 1.165) is 16.7 Å². The quantitative estimate of drug-likeness (QED) is 0.881. The van der Waals surface area contributed by atoms with Gasteiger partial charge >= 0.3 is 6.18 Å². The first-order chi connectivity index (χ1) is 8.41. The van der Waals surface area contributed by atoms with E-state index in [1.807, 2.05) is 0 Å². The molecule has 2 N–H and O–H groups in total. The van der Waals surface area contributed by atoms with Crippen LogP contribution in [0.2, 0.25) is 0 Å². The third-order valence-electron chi connectivity index (χ3n) is 2.41. The van der Waals surface area contributed by atoms with Gasteiger partial charge in [0.05, 0.1) is 6.26 Å². The number of nitrogens with two attached hydrogens (primary N) is 1. The fourth-order valence-electron chi connectivity index (χ4n) is 1.67. The van der Waals surface area contributed by atoms with Crippen LogP contribution in [0.25, 0.3) is 5.70 Å². The maximum atomic E-state index is 12.8. The highest BCUT2D eigenvalue weighted by atomic mass is 19.4. The molecule has 0 radical (unpaired) electrons. The fraction of sp³-hybridized carbons (Fsp3) is 0.182. The van der Waals surface area contributed by atoms with Gasteiger partial charge in [0, 0.05) is 5.70 Å². The van der Waals surface area contributed by atoms with E-state index in [0.29, 0.717) is 0 Å². The van der Waals surface area contributed by atoms with Crippen LogP contribution in [-0.2, 0) is 10.9 Å². The molecule has 0 saturated heterocycles. The van der Waals surface area contributed by atoms with Crippen molar-refractivity contribution in [2.45, 2.75) is 6.18 Å². The number of rotatable bonds is 2. The number of hydrogen-bond donors (Lipinski definition) is 1. The number of allylic oxidation sites excluding steroid dienone is 2. The molecule has 96 valence electrons. The van der Waals surface area contributed by atoms with Gasteiger partial charge < -0.3 is 15.0 Å². The Morgan fingerprint density at radius 2 is 2.11 bits per heavy atom. The van der Waals surface area contributed by atoms with E-state index in [4.69, 9.17) is 10.5 Å².